The lowest BCUT2D eigenvalue weighted by atomic mass is 9.94. The van der Waals surface area contributed by atoms with Crippen LogP contribution in [0.5, 0.6) is 5.75 Å². The summed E-state index contributed by atoms with van der Waals surface area (Å²) in [6, 6.07) is 7.56. The van der Waals surface area contributed by atoms with Gasteiger partial charge < -0.3 is 10.5 Å². The molecule has 0 atom stereocenters. The van der Waals surface area contributed by atoms with Crippen LogP contribution in [0.25, 0.3) is 11.1 Å². The summed E-state index contributed by atoms with van der Waals surface area (Å²) < 4.78 is 19.9. The van der Waals surface area contributed by atoms with Gasteiger partial charge >= 0.3 is 0 Å². The van der Waals surface area contributed by atoms with E-state index >= 15 is 0 Å². The van der Waals surface area contributed by atoms with Crippen LogP contribution in [0.3, 0.4) is 0 Å². The summed E-state index contributed by atoms with van der Waals surface area (Å²) in [5.41, 5.74) is 11.3. The molecular formula is C17H18FNO. The zero-order chi connectivity index (χ0) is 14.3. The molecule has 1 aliphatic heterocycles. The Hall–Kier alpha value is -1.87. The van der Waals surface area contributed by atoms with Gasteiger partial charge in [0.25, 0.3) is 0 Å². The first-order valence-corrected chi connectivity index (χ1v) is 6.86. The summed E-state index contributed by atoms with van der Waals surface area (Å²) in [4.78, 5) is 0. The fourth-order valence-electron chi connectivity index (χ4n) is 2.97. The first-order chi connectivity index (χ1) is 9.60. The second kappa shape index (κ2) is 4.91. The molecule has 1 heterocycles. The number of hydrogen-bond acceptors (Lipinski definition) is 2. The molecule has 2 N–H and O–H groups in total. The van der Waals surface area contributed by atoms with E-state index in [2.05, 4.69) is 0 Å². The fraction of sp³-hybridized carbons (Fsp3) is 0.294. The molecule has 0 saturated heterocycles. The predicted molar refractivity (Wildman–Crippen MR) is 78.4 cm³/mol. The van der Waals surface area contributed by atoms with Crippen LogP contribution < -0.4 is 10.5 Å². The molecule has 0 aliphatic carbocycles. The van der Waals surface area contributed by atoms with Gasteiger partial charge in [0.1, 0.15) is 11.6 Å². The topological polar surface area (TPSA) is 35.2 Å². The average molecular weight is 271 g/mol. The van der Waals surface area contributed by atoms with E-state index in [-0.39, 0.29) is 5.82 Å². The summed E-state index contributed by atoms with van der Waals surface area (Å²) in [6.07, 6.45) is 0.864. The second-order valence-corrected chi connectivity index (χ2v) is 5.36. The number of fused-ring (bicyclic) bond motifs is 1. The van der Waals surface area contributed by atoms with Crippen molar-refractivity contribution in [2.45, 2.75) is 26.8 Å². The highest BCUT2D eigenvalue weighted by atomic mass is 19.1. The highest BCUT2D eigenvalue weighted by molar-refractivity contribution is 5.72. The minimum absolute atomic E-state index is 0.177. The Labute approximate surface area is 118 Å². The number of hydrogen-bond donors (Lipinski definition) is 1. The number of rotatable bonds is 2. The molecule has 3 rings (SSSR count). The summed E-state index contributed by atoms with van der Waals surface area (Å²) in [7, 11) is 0. The summed E-state index contributed by atoms with van der Waals surface area (Å²) >= 11 is 0. The fourth-order valence-corrected chi connectivity index (χ4v) is 2.97. The Balaban J connectivity index is 2.21. The molecule has 0 fully saturated rings. The van der Waals surface area contributed by atoms with E-state index in [9.17, 15) is 4.39 Å². The average Bonchev–Trinajstić information content (AvgIpc) is 2.84. The third kappa shape index (κ3) is 2.08. The molecule has 104 valence electrons. The van der Waals surface area contributed by atoms with Crippen molar-refractivity contribution < 1.29 is 9.13 Å². The van der Waals surface area contributed by atoms with E-state index in [0.717, 1.165) is 40.0 Å². The first-order valence-electron chi connectivity index (χ1n) is 6.86. The number of nitrogens with two attached hydrogens (primary N) is 1. The molecule has 0 amide bonds. The first kappa shape index (κ1) is 13.1. The van der Waals surface area contributed by atoms with Crippen molar-refractivity contribution in [3.8, 4) is 16.9 Å². The highest BCUT2D eigenvalue weighted by Gasteiger charge is 2.19. The molecule has 3 heteroatoms. The van der Waals surface area contributed by atoms with Gasteiger partial charge in [-0.15, -0.1) is 0 Å². The largest absolute Gasteiger partial charge is 0.493 e. The van der Waals surface area contributed by atoms with E-state index in [0.29, 0.717) is 18.7 Å². The maximum Gasteiger partial charge on any atom is 0.131 e. The molecule has 2 aromatic carbocycles. The van der Waals surface area contributed by atoms with Gasteiger partial charge in [-0.3, -0.25) is 0 Å². The monoisotopic (exact) mass is 271 g/mol. The summed E-state index contributed by atoms with van der Waals surface area (Å²) in [5.74, 6) is 0.714. The standard InChI is InChI=1S/C17H18FNO/c1-10-5-11(2)16(15(18)6-10)13-7-12-3-4-20-17(12)14(8-13)9-19/h5-8H,3-4,9,19H2,1-2H3. The third-order valence-electron chi connectivity index (χ3n) is 3.80. The Morgan fingerprint density at radius 1 is 1.20 bits per heavy atom. The van der Waals surface area contributed by atoms with Crippen LogP contribution in [0.1, 0.15) is 22.3 Å². The maximum absolute atomic E-state index is 14.3. The quantitative estimate of drug-likeness (QED) is 0.907. The lowest BCUT2D eigenvalue weighted by Crippen LogP contribution is -2.01. The SMILES string of the molecule is Cc1cc(C)c(-c2cc(CN)c3c(c2)CCO3)c(F)c1. The van der Waals surface area contributed by atoms with Gasteiger partial charge in [-0.25, -0.2) is 4.39 Å². The van der Waals surface area contributed by atoms with Crippen molar-refractivity contribution in [3.63, 3.8) is 0 Å². The minimum atomic E-state index is -0.177. The maximum atomic E-state index is 14.3. The van der Waals surface area contributed by atoms with E-state index in [1.165, 1.54) is 0 Å². The molecular weight excluding hydrogens is 253 g/mol. The molecule has 0 spiro atoms. The zero-order valence-electron chi connectivity index (χ0n) is 11.8. The molecule has 0 unspecified atom stereocenters. The Morgan fingerprint density at radius 2 is 2.00 bits per heavy atom. The van der Waals surface area contributed by atoms with Crippen LogP contribution >= 0.6 is 0 Å². The Bertz CT molecular complexity index is 656. The van der Waals surface area contributed by atoms with Crippen molar-refractivity contribution in [1.82, 2.24) is 0 Å². The predicted octanol–water partition coefficient (Wildman–Crippen LogP) is 3.50. The number of benzene rings is 2. The molecule has 2 aromatic rings. The highest BCUT2D eigenvalue weighted by Crippen LogP contribution is 2.36. The third-order valence-corrected chi connectivity index (χ3v) is 3.80. The van der Waals surface area contributed by atoms with Crippen LogP contribution in [0.2, 0.25) is 0 Å². The van der Waals surface area contributed by atoms with E-state index in [1.807, 2.05) is 32.0 Å². The normalized spacial score (nSPS) is 13.2. The summed E-state index contributed by atoms with van der Waals surface area (Å²) in [6.45, 7) is 4.93. The molecule has 0 bridgehead atoms. The Kier molecular flexibility index (Phi) is 3.22. The van der Waals surface area contributed by atoms with Crippen LogP contribution in [0.15, 0.2) is 24.3 Å². The van der Waals surface area contributed by atoms with Crippen molar-refractivity contribution in [2.75, 3.05) is 6.61 Å². The lowest BCUT2D eigenvalue weighted by Gasteiger charge is -2.13. The van der Waals surface area contributed by atoms with Gasteiger partial charge in [-0.2, -0.15) is 0 Å². The van der Waals surface area contributed by atoms with E-state index < -0.39 is 0 Å². The van der Waals surface area contributed by atoms with Crippen LogP contribution in [-0.4, -0.2) is 6.61 Å². The molecule has 0 saturated carbocycles. The molecule has 0 radical (unpaired) electrons. The zero-order valence-corrected chi connectivity index (χ0v) is 11.8. The Morgan fingerprint density at radius 3 is 2.70 bits per heavy atom. The second-order valence-electron chi connectivity index (χ2n) is 5.36. The van der Waals surface area contributed by atoms with Gasteiger partial charge in [0.15, 0.2) is 0 Å². The van der Waals surface area contributed by atoms with E-state index in [4.69, 9.17) is 10.5 Å². The number of halogens is 1. The van der Waals surface area contributed by atoms with Gasteiger partial charge in [0, 0.05) is 24.1 Å². The molecule has 2 nitrogen and oxygen atoms in total. The molecule has 1 aliphatic rings. The van der Waals surface area contributed by atoms with Crippen LogP contribution in [-0.2, 0) is 13.0 Å². The van der Waals surface area contributed by atoms with Crippen molar-refractivity contribution in [2.24, 2.45) is 5.73 Å². The minimum Gasteiger partial charge on any atom is -0.493 e. The number of aryl methyl sites for hydroxylation is 2. The summed E-state index contributed by atoms with van der Waals surface area (Å²) in [5, 5.41) is 0. The lowest BCUT2D eigenvalue weighted by molar-refractivity contribution is 0.353. The van der Waals surface area contributed by atoms with Gasteiger partial charge in [0.2, 0.25) is 0 Å². The van der Waals surface area contributed by atoms with Gasteiger partial charge in [0.05, 0.1) is 6.61 Å². The van der Waals surface area contributed by atoms with Crippen molar-refractivity contribution >= 4 is 0 Å². The van der Waals surface area contributed by atoms with Gasteiger partial charge in [-0.1, -0.05) is 6.07 Å². The smallest absolute Gasteiger partial charge is 0.131 e. The number of ether oxygens (including phenoxy) is 1. The molecule has 20 heavy (non-hydrogen) atoms. The van der Waals surface area contributed by atoms with E-state index in [1.54, 1.807) is 6.07 Å². The van der Waals surface area contributed by atoms with Crippen molar-refractivity contribution in [1.29, 1.82) is 0 Å². The molecule has 0 aromatic heterocycles. The van der Waals surface area contributed by atoms with Crippen molar-refractivity contribution in [3.05, 3.63) is 52.3 Å². The van der Waals surface area contributed by atoms with Crippen LogP contribution in [0.4, 0.5) is 4.39 Å². The van der Waals surface area contributed by atoms with Gasteiger partial charge in [-0.05, 0) is 54.3 Å². The van der Waals surface area contributed by atoms with Crippen LogP contribution in [0, 0.1) is 19.7 Å².